The first-order chi connectivity index (χ1) is 7.85. The molecule has 1 saturated carbocycles. The Morgan fingerprint density at radius 2 is 2.00 bits per heavy atom. The number of nitrogens with zero attached hydrogens (tertiary/aromatic N) is 2. The van der Waals surface area contributed by atoms with E-state index in [4.69, 9.17) is 5.73 Å². The van der Waals surface area contributed by atoms with Crippen molar-refractivity contribution in [3.05, 3.63) is 0 Å². The smallest absolute Gasteiger partial charge is 0.191 e. The predicted molar refractivity (Wildman–Crippen MR) is 73.0 cm³/mol. The summed E-state index contributed by atoms with van der Waals surface area (Å²) in [4.78, 5) is 6.68. The molecule has 0 saturated heterocycles. The number of aliphatic imine (C=N–C) groups is 1. The van der Waals surface area contributed by atoms with Crippen molar-refractivity contribution in [2.75, 3.05) is 13.6 Å². The molecule has 0 amide bonds. The number of likely N-dealkylation sites (N-methyl/N-ethyl adjacent to an activating group) is 1. The van der Waals surface area contributed by atoms with Crippen LogP contribution in [-0.4, -0.2) is 30.0 Å². The number of hydrogen-bond donors (Lipinski definition) is 1. The normalized spacial score (nSPS) is 34.9. The third-order valence-corrected chi connectivity index (χ3v) is 4.97. The van der Waals surface area contributed by atoms with Crippen molar-refractivity contribution in [2.45, 2.75) is 58.4 Å². The van der Waals surface area contributed by atoms with Crippen LogP contribution < -0.4 is 5.73 Å². The van der Waals surface area contributed by atoms with Gasteiger partial charge in [0.1, 0.15) is 0 Å². The maximum absolute atomic E-state index is 5.93. The maximum Gasteiger partial charge on any atom is 0.191 e. The van der Waals surface area contributed by atoms with Gasteiger partial charge < -0.3 is 10.6 Å². The molecule has 3 heteroatoms. The molecule has 3 nitrogen and oxygen atoms in total. The highest BCUT2D eigenvalue weighted by atomic mass is 15.3. The number of hydrogen-bond acceptors (Lipinski definition) is 3. The van der Waals surface area contributed by atoms with Gasteiger partial charge in [0, 0.05) is 7.05 Å². The molecule has 0 aromatic heterocycles. The summed E-state index contributed by atoms with van der Waals surface area (Å²) in [5.41, 5.74) is 6.61. The fraction of sp³-hybridized carbons (Fsp3) is 0.929. The quantitative estimate of drug-likeness (QED) is 0.703. The highest BCUT2D eigenvalue weighted by molar-refractivity contribution is 5.80. The average molecular weight is 237 g/mol. The number of rotatable bonds is 0. The first-order valence-corrected chi connectivity index (χ1v) is 6.89. The van der Waals surface area contributed by atoms with Gasteiger partial charge in [0.25, 0.3) is 0 Å². The van der Waals surface area contributed by atoms with Crippen LogP contribution in [0.3, 0.4) is 0 Å². The SMILES string of the molecule is CN1C(N)=NCC12CCCC(C(C)(C)C)CC2. The topological polar surface area (TPSA) is 41.6 Å². The summed E-state index contributed by atoms with van der Waals surface area (Å²) in [6.07, 6.45) is 6.49. The van der Waals surface area contributed by atoms with Crippen molar-refractivity contribution in [1.82, 2.24) is 4.90 Å². The molecule has 2 aliphatic rings. The van der Waals surface area contributed by atoms with Crippen molar-refractivity contribution in [2.24, 2.45) is 22.1 Å². The van der Waals surface area contributed by atoms with Crippen molar-refractivity contribution >= 4 is 5.96 Å². The standard InChI is InChI=1S/C14H27N3/c1-13(2,3)11-6-5-8-14(9-7-11)10-16-12(15)17(14)4/h11H,5-10H2,1-4H3,(H2,15,16). The third kappa shape index (κ3) is 2.29. The minimum atomic E-state index is 0.240. The van der Waals surface area contributed by atoms with E-state index < -0.39 is 0 Å². The molecule has 1 heterocycles. The Bertz CT molecular complexity index is 316. The van der Waals surface area contributed by atoms with Crippen molar-refractivity contribution in [1.29, 1.82) is 0 Å². The van der Waals surface area contributed by atoms with E-state index in [2.05, 4.69) is 37.7 Å². The Hall–Kier alpha value is -0.730. The van der Waals surface area contributed by atoms with Crippen LogP contribution in [0.1, 0.15) is 52.9 Å². The van der Waals surface area contributed by atoms with Gasteiger partial charge in [0.2, 0.25) is 0 Å². The second-order valence-corrected chi connectivity index (χ2v) is 6.95. The highest BCUT2D eigenvalue weighted by Crippen LogP contribution is 2.42. The van der Waals surface area contributed by atoms with Crippen LogP contribution in [0.2, 0.25) is 0 Å². The molecule has 0 radical (unpaired) electrons. The number of nitrogens with two attached hydrogens (primary N) is 1. The van der Waals surface area contributed by atoms with Crippen LogP contribution in [0.15, 0.2) is 4.99 Å². The van der Waals surface area contributed by atoms with Gasteiger partial charge in [-0.1, -0.05) is 27.2 Å². The van der Waals surface area contributed by atoms with Crippen molar-refractivity contribution in [3.63, 3.8) is 0 Å². The van der Waals surface area contributed by atoms with E-state index in [1.54, 1.807) is 0 Å². The van der Waals surface area contributed by atoms with Gasteiger partial charge in [-0.05, 0) is 37.0 Å². The second kappa shape index (κ2) is 4.18. The zero-order valence-electron chi connectivity index (χ0n) is 11.8. The summed E-state index contributed by atoms with van der Waals surface area (Å²) in [7, 11) is 2.11. The summed E-state index contributed by atoms with van der Waals surface area (Å²) in [6.45, 7) is 8.03. The molecule has 1 spiro atoms. The molecule has 2 rings (SSSR count). The highest BCUT2D eigenvalue weighted by Gasteiger charge is 2.42. The van der Waals surface area contributed by atoms with Crippen LogP contribution in [0.25, 0.3) is 0 Å². The van der Waals surface area contributed by atoms with E-state index in [0.717, 1.165) is 18.4 Å². The van der Waals surface area contributed by atoms with E-state index in [0.29, 0.717) is 5.41 Å². The van der Waals surface area contributed by atoms with E-state index in [1.807, 2.05) is 0 Å². The van der Waals surface area contributed by atoms with Crippen LogP contribution in [0.4, 0.5) is 0 Å². The van der Waals surface area contributed by atoms with Gasteiger partial charge in [-0.2, -0.15) is 0 Å². The lowest BCUT2D eigenvalue weighted by Gasteiger charge is -2.36. The van der Waals surface area contributed by atoms with Crippen molar-refractivity contribution in [3.8, 4) is 0 Å². The van der Waals surface area contributed by atoms with E-state index in [-0.39, 0.29) is 5.54 Å². The molecular formula is C14H27N3. The molecule has 1 aliphatic heterocycles. The zero-order valence-corrected chi connectivity index (χ0v) is 11.8. The Morgan fingerprint density at radius 1 is 1.29 bits per heavy atom. The van der Waals surface area contributed by atoms with E-state index in [9.17, 15) is 0 Å². The summed E-state index contributed by atoms with van der Waals surface area (Å²) in [5, 5.41) is 0. The fourth-order valence-electron chi connectivity index (χ4n) is 3.43. The second-order valence-electron chi connectivity index (χ2n) is 6.95. The molecule has 0 aromatic rings. The summed E-state index contributed by atoms with van der Waals surface area (Å²) in [6, 6.07) is 0. The molecule has 0 bridgehead atoms. The van der Waals surface area contributed by atoms with Crippen molar-refractivity contribution < 1.29 is 0 Å². The number of guanidine groups is 1. The Morgan fingerprint density at radius 3 is 2.53 bits per heavy atom. The van der Waals surface area contributed by atoms with E-state index >= 15 is 0 Å². The Kier molecular flexibility index (Phi) is 3.13. The molecule has 1 fully saturated rings. The minimum Gasteiger partial charge on any atom is -0.370 e. The lowest BCUT2D eigenvalue weighted by atomic mass is 9.76. The van der Waals surface area contributed by atoms with Gasteiger partial charge >= 0.3 is 0 Å². The van der Waals surface area contributed by atoms with Gasteiger partial charge in [-0.3, -0.25) is 4.99 Å². The first-order valence-electron chi connectivity index (χ1n) is 6.89. The van der Waals surface area contributed by atoms with Gasteiger partial charge in [-0.25, -0.2) is 0 Å². The minimum absolute atomic E-state index is 0.240. The molecule has 2 atom stereocenters. The predicted octanol–water partition coefficient (Wildman–Crippen LogP) is 2.61. The average Bonchev–Trinajstić information content (AvgIpc) is 2.45. The molecule has 98 valence electrons. The van der Waals surface area contributed by atoms with Gasteiger partial charge in [0.15, 0.2) is 5.96 Å². The van der Waals surface area contributed by atoms with Gasteiger partial charge in [-0.15, -0.1) is 0 Å². The molecule has 17 heavy (non-hydrogen) atoms. The summed E-state index contributed by atoms with van der Waals surface area (Å²) < 4.78 is 0. The van der Waals surface area contributed by atoms with Crippen LogP contribution in [0.5, 0.6) is 0 Å². The summed E-state index contributed by atoms with van der Waals surface area (Å²) >= 11 is 0. The Balaban J connectivity index is 2.07. The zero-order chi connectivity index (χ0) is 12.7. The molecule has 0 aromatic carbocycles. The largest absolute Gasteiger partial charge is 0.370 e. The summed E-state index contributed by atoms with van der Waals surface area (Å²) in [5.74, 6) is 1.58. The molecular weight excluding hydrogens is 210 g/mol. The molecule has 2 unspecified atom stereocenters. The monoisotopic (exact) mass is 237 g/mol. The van der Waals surface area contributed by atoms with E-state index in [1.165, 1.54) is 32.1 Å². The molecule has 1 aliphatic carbocycles. The maximum atomic E-state index is 5.93. The van der Waals surface area contributed by atoms with Gasteiger partial charge in [0.05, 0.1) is 12.1 Å². The van der Waals surface area contributed by atoms with Crippen LogP contribution in [0, 0.1) is 11.3 Å². The fourth-order valence-corrected chi connectivity index (χ4v) is 3.43. The lowest BCUT2D eigenvalue weighted by molar-refractivity contribution is 0.182. The Labute approximate surface area is 105 Å². The third-order valence-electron chi connectivity index (χ3n) is 4.97. The molecule has 2 N–H and O–H groups in total. The first kappa shape index (κ1) is 12.7. The van der Waals surface area contributed by atoms with Crippen LogP contribution >= 0.6 is 0 Å². The lowest BCUT2D eigenvalue weighted by Crippen LogP contribution is -2.48. The van der Waals surface area contributed by atoms with Crippen LogP contribution in [-0.2, 0) is 0 Å².